The molecule has 1 amide bonds. The van der Waals surface area contributed by atoms with Crippen LogP contribution in [0.15, 0.2) is 42.0 Å². The van der Waals surface area contributed by atoms with Gasteiger partial charge in [-0.25, -0.2) is 0 Å². The highest BCUT2D eigenvalue weighted by atomic mass is 16.3. The van der Waals surface area contributed by atoms with Gasteiger partial charge in [-0.15, -0.1) is 0 Å². The van der Waals surface area contributed by atoms with Crippen LogP contribution in [0, 0.1) is 50.2 Å². The minimum Gasteiger partial charge on any atom is -0.393 e. The highest BCUT2D eigenvalue weighted by Gasteiger charge is 2.70. The Hall–Kier alpha value is -1.94. The molecule has 0 spiro atoms. The maximum absolute atomic E-state index is 14.5. The number of amides is 1. The minimum absolute atomic E-state index is 0.0113. The van der Waals surface area contributed by atoms with E-state index in [4.69, 9.17) is 0 Å². The van der Waals surface area contributed by atoms with E-state index in [1.54, 1.807) is 0 Å². The molecule has 4 fully saturated rings. The summed E-state index contributed by atoms with van der Waals surface area (Å²) >= 11 is 0. The average Bonchev–Trinajstić information content (AvgIpc) is 2.92. The van der Waals surface area contributed by atoms with Crippen LogP contribution in [0.4, 0.5) is 0 Å². The van der Waals surface area contributed by atoms with Crippen LogP contribution in [0.2, 0.25) is 0 Å². The van der Waals surface area contributed by atoms with Crippen molar-refractivity contribution in [3.05, 3.63) is 47.5 Å². The van der Waals surface area contributed by atoms with Crippen LogP contribution in [-0.4, -0.2) is 22.9 Å². The number of ketones is 1. The Kier molecular flexibility index (Phi) is 6.60. The van der Waals surface area contributed by atoms with E-state index in [0.717, 1.165) is 63.4 Å². The van der Waals surface area contributed by atoms with Crippen molar-refractivity contribution in [3.8, 4) is 0 Å². The number of hydrogen-bond acceptors (Lipinski definition) is 3. The first-order valence-corrected chi connectivity index (χ1v) is 16.4. The fourth-order valence-corrected chi connectivity index (χ4v) is 11.4. The van der Waals surface area contributed by atoms with Crippen molar-refractivity contribution < 1.29 is 14.7 Å². The monoisotopic (exact) mass is 559 g/mol. The maximum Gasteiger partial charge on any atom is 0.226 e. The number of aliphatic hydroxyl groups excluding tert-OH is 1. The second kappa shape index (κ2) is 9.28. The van der Waals surface area contributed by atoms with E-state index in [1.807, 2.05) is 18.2 Å². The number of carbonyl (C=O) groups is 2. The molecule has 5 aliphatic carbocycles. The van der Waals surface area contributed by atoms with E-state index in [9.17, 15) is 14.7 Å². The van der Waals surface area contributed by atoms with Crippen molar-refractivity contribution in [1.29, 1.82) is 0 Å². The Labute approximate surface area is 248 Å². The standard InChI is InChI=1S/C37H53NO3/c1-32(2)28-13-16-37(7)30(35(28,5)15-14-29(32)40)27(39)21-25-26-22-34(4,18-17-33(26,3)19-20-36(25,37)6)31(41)38-23-24-11-9-8-10-12-24/h8-12,21,26,28-30,40H,13-20,22-23H2,1-7H3,(H,38,41)/t26-,28?,29-,30+,33+,34-,35-,36+,37+/m0/s1. The Morgan fingerprint density at radius 2 is 1.59 bits per heavy atom. The second-order valence-electron chi connectivity index (χ2n) is 16.8. The van der Waals surface area contributed by atoms with Gasteiger partial charge < -0.3 is 10.4 Å². The first kappa shape index (κ1) is 29.1. The first-order valence-electron chi connectivity index (χ1n) is 16.4. The average molecular weight is 560 g/mol. The van der Waals surface area contributed by atoms with Crippen molar-refractivity contribution in [2.24, 2.45) is 50.2 Å². The highest BCUT2D eigenvalue weighted by Crippen LogP contribution is 2.75. The van der Waals surface area contributed by atoms with Gasteiger partial charge in [0.2, 0.25) is 5.91 Å². The lowest BCUT2D eigenvalue weighted by Crippen LogP contribution is -2.66. The van der Waals surface area contributed by atoms with Gasteiger partial charge in [0, 0.05) is 17.9 Å². The molecule has 0 radical (unpaired) electrons. The highest BCUT2D eigenvalue weighted by molar-refractivity contribution is 5.95. The van der Waals surface area contributed by atoms with Crippen LogP contribution in [-0.2, 0) is 16.1 Å². The lowest BCUT2D eigenvalue weighted by Gasteiger charge is -2.70. The molecule has 1 aromatic rings. The van der Waals surface area contributed by atoms with Gasteiger partial charge in [-0.05, 0) is 108 Å². The zero-order valence-electron chi connectivity index (χ0n) is 26.6. The van der Waals surface area contributed by atoms with Crippen molar-refractivity contribution in [3.63, 3.8) is 0 Å². The van der Waals surface area contributed by atoms with Gasteiger partial charge in [0.25, 0.3) is 0 Å². The molecular weight excluding hydrogens is 506 g/mol. The Bertz CT molecular complexity index is 1270. The van der Waals surface area contributed by atoms with Gasteiger partial charge in [0.15, 0.2) is 5.78 Å². The van der Waals surface area contributed by atoms with Crippen LogP contribution in [0.5, 0.6) is 0 Å². The first-order chi connectivity index (χ1) is 19.1. The maximum atomic E-state index is 14.5. The molecule has 5 aliphatic rings. The number of aliphatic hydroxyl groups is 1. The Balaban J connectivity index is 1.34. The van der Waals surface area contributed by atoms with E-state index in [1.165, 1.54) is 5.57 Å². The number of benzene rings is 1. The largest absolute Gasteiger partial charge is 0.393 e. The van der Waals surface area contributed by atoms with E-state index in [0.29, 0.717) is 18.2 Å². The molecule has 0 aliphatic heterocycles. The topological polar surface area (TPSA) is 66.4 Å². The summed E-state index contributed by atoms with van der Waals surface area (Å²) in [5, 5.41) is 14.2. The molecule has 9 atom stereocenters. The second-order valence-corrected chi connectivity index (χ2v) is 16.8. The van der Waals surface area contributed by atoms with Gasteiger partial charge in [0.1, 0.15) is 0 Å². The zero-order chi connectivity index (χ0) is 29.6. The molecule has 0 saturated heterocycles. The summed E-state index contributed by atoms with van der Waals surface area (Å²) in [5.41, 5.74) is 1.73. The zero-order valence-corrected chi connectivity index (χ0v) is 26.6. The van der Waals surface area contributed by atoms with Crippen LogP contribution in [0.3, 0.4) is 0 Å². The molecule has 0 bridgehead atoms. The third-order valence-electron chi connectivity index (χ3n) is 14.4. The fraction of sp³-hybridized carbons (Fsp3) is 0.730. The fourth-order valence-electron chi connectivity index (χ4n) is 11.4. The molecule has 1 unspecified atom stereocenters. The number of nitrogens with one attached hydrogen (secondary N) is 1. The third-order valence-corrected chi connectivity index (χ3v) is 14.4. The number of carbonyl (C=O) groups excluding carboxylic acids is 2. The summed E-state index contributed by atoms with van der Waals surface area (Å²) in [6.07, 6.45) is 10.6. The smallest absolute Gasteiger partial charge is 0.226 e. The molecule has 1 aromatic carbocycles. The normalized spacial score (nSPS) is 46.7. The number of fused-ring (bicyclic) bond motifs is 7. The third kappa shape index (κ3) is 4.01. The summed E-state index contributed by atoms with van der Waals surface area (Å²) in [5.74, 6) is 1.06. The van der Waals surface area contributed by atoms with E-state index in [-0.39, 0.29) is 50.9 Å². The summed E-state index contributed by atoms with van der Waals surface area (Å²) in [6, 6.07) is 10.2. The van der Waals surface area contributed by atoms with Crippen molar-refractivity contribution in [2.45, 2.75) is 119 Å². The molecule has 0 heterocycles. The number of allylic oxidation sites excluding steroid dienone is 2. The van der Waals surface area contributed by atoms with E-state index < -0.39 is 5.41 Å². The van der Waals surface area contributed by atoms with Gasteiger partial charge in [0.05, 0.1) is 6.10 Å². The molecule has 4 nitrogen and oxygen atoms in total. The van der Waals surface area contributed by atoms with Crippen LogP contribution in [0.25, 0.3) is 0 Å². The Morgan fingerprint density at radius 1 is 0.902 bits per heavy atom. The van der Waals surface area contributed by atoms with Gasteiger partial charge in [-0.1, -0.05) is 84.4 Å². The van der Waals surface area contributed by atoms with Crippen molar-refractivity contribution in [1.82, 2.24) is 5.32 Å². The molecule has 2 N–H and O–H groups in total. The van der Waals surface area contributed by atoms with E-state index >= 15 is 0 Å². The van der Waals surface area contributed by atoms with Crippen molar-refractivity contribution >= 4 is 11.7 Å². The van der Waals surface area contributed by atoms with E-state index in [2.05, 4.69) is 72.0 Å². The molecule has 4 heteroatoms. The number of rotatable bonds is 3. The lowest BCUT2D eigenvalue weighted by molar-refractivity contribution is -0.202. The van der Waals surface area contributed by atoms with Crippen molar-refractivity contribution in [2.75, 3.05) is 0 Å². The van der Waals surface area contributed by atoms with Gasteiger partial charge in [-0.2, -0.15) is 0 Å². The molecular formula is C37H53NO3. The lowest BCUT2D eigenvalue weighted by atomic mass is 9.33. The Morgan fingerprint density at radius 3 is 2.29 bits per heavy atom. The molecule has 0 aromatic heterocycles. The quantitative estimate of drug-likeness (QED) is 0.400. The predicted molar refractivity (Wildman–Crippen MR) is 164 cm³/mol. The summed E-state index contributed by atoms with van der Waals surface area (Å²) in [4.78, 5) is 28.2. The van der Waals surface area contributed by atoms with Crippen LogP contribution in [0.1, 0.15) is 112 Å². The SMILES string of the molecule is CC1(C)C2CC[C@]3(C)[C@H](C(=O)C=C4[C@@H]5C[C@@](C)(C(=O)NCc6ccccc6)CC[C@]5(C)CC[C@]43C)[C@@]2(C)CC[C@@H]1O. The molecule has 4 saturated carbocycles. The van der Waals surface area contributed by atoms with Crippen LogP contribution >= 0.6 is 0 Å². The van der Waals surface area contributed by atoms with Crippen LogP contribution < -0.4 is 5.32 Å². The molecule has 6 rings (SSSR count). The predicted octanol–water partition coefficient (Wildman–Crippen LogP) is 7.64. The van der Waals surface area contributed by atoms with Gasteiger partial charge >= 0.3 is 0 Å². The minimum atomic E-state index is -0.438. The van der Waals surface area contributed by atoms with Gasteiger partial charge in [-0.3, -0.25) is 9.59 Å². The summed E-state index contributed by atoms with van der Waals surface area (Å²) in [7, 11) is 0. The number of hydrogen-bond donors (Lipinski definition) is 2. The summed E-state index contributed by atoms with van der Waals surface area (Å²) in [6.45, 7) is 16.9. The summed E-state index contributed by atoms with van der Waals surface area (Å²) < 4.78 is 0. The molecule has 41 heavy (non-hydrogen) atoms. The molecule has 224 valence electrons.